The van der Waals surface area contributed by atoms with Gasteiger partial charge in [0, 0.05) is 24.7 Å². The number of carbonyl (C=O) groups excluding carboxylic acids is 1. The Hall–Kier alpha value is -1.64. The van der Waals surface area contributed by atoms with Gasteiger partial charge >= 0.3 is 0 Å². The summed E-state index contributed by atoms with van der Waals surface area (Å²) in [5, 5.41) is 3.43. The molecule has 6 nitrogen and oxygen atoms in total. The van der Waals surface area contributed by atoms with E-state index in [4.69, 9.17) is 27.9 Å². The summed E-state index contributed by atoms with van der Waals surface area (Å²) < 4.78 is 32.1. The van der Waals surface area contributed by atoms with Crippen LogP contribution in [0.25, 0.3) is 0 Å². The predicted octanol–water partition coefficient (Wildman–Crippen LogP) is 2.94. The van der Waals surface area contributed by atoms with Crippen LogP contribution in [0, 0.1) is 0 Å². The molecule has 0 aliphatic carbocycles. The molecule has 1 amide bonds. The van der Waals surface area contributed by atoms with Crippen LogP contribution in [0.4, 0.5) is 0 Å². The second-order valence-corrected chi connectivity index (χ2v) is 8.68. The van der Waals surface area contributed by atoms with Crippen LogP contribution in [-0.2, 0) is 21.3 Å². The van der Waals surface area contributed by atoms with Gasteiger partial charge in [-0.25, -0.2) is 8.42 Å². The molecule has 1 aliphatic heterocycles. The molecule has 9 heteroatoms. The SMILES string of the molecule is O=C(NCc1ccccc1Cl)c1cc(S(=O)(=O)N2CCOCC2)ccc1Cl. The average Bonchev–Trinajstić information content (AvgIpc) is 2.68. The topological polar surface area (TPSA) is 75.7 Å². The van der Waals surface area contributed by atoms with E-state index in [9.17, 15) is 13.2 Å². The molecule has 0 atom stereocenters. The van der Waals surface area contributed by atoms with Crippen LogP contribution >= 0.6 is 23.2 Å². The maximum absolute atomic E-state index is 12.8. The molecular formula is C18H18Cl2N2O4S. The van der Waals surface area contributed by atoms with Crippen LogP contribution in [0.5, 0.6) is 0 Å². The summed E-state index contributed by atoms with van der Waals surface area (Å²) in [6.45, 7) is 1.45. The third kappa shape index (κ3) is 4.62. The number of sulfonamides is 1. The summed E-state index contributed by atoms with van der Waals surface area (Å²) in [6.07, 6.45) is 0. The van der Waals surface area contributed by atoms with Gasteiger partial charge in [0.05, 0.1) is 28.7 Å². The lowest BCUT2D eigenvalue weighted by Crippen LogP contribution is -2.40. The molecule has 0 bridgehead atoms. The van der Waals surface area contributed by atoms with Crippen LogP contribution in [0.3, 0.4) is 0 Å². The summed E-state index contributed by atoms with van der Waals surface area (Å²) in [5.41, 5.74) is 0.846. The van der Waals surface area contributed by atoms with Gasteiger partial charge in [0.1, 0.15) is 0 Å². The zero-order valence-corrected chi connectivity index (χ0v) is 16.6. The van der Waals surface area contributed by atoms with Gasteiger partial charge in [-0.2, -0.15) is 4.31 Å². The quantitative estimate of drug-likeness (QED) is 0.793. The van der Waals surface area contributed by atoms with Crippen molar-refractivity contribution in [2.75, 3.05) is 26.3 Å². The molecule has 0 spiro atoms. The number of morpholine rings is 1. The molecule has 2 aromatic carbocycles. The maximum atomic E-state index is 12.8. The van der Waals surface area contributed by atoms with Crippen LogP contribution in [-0.4, -0.2) is 44.9 Å². The van der Waals surface area contributed by atoms with E-state index in [1.54, 1.807) is 18.2 Å². The number of amides is 1. The number of rotatable bonds is 5. The Balaban J connectivity index is 1.80. The molecule has 0 unspecified atom stereocenters. The lowest BCUT2D eigenvalue weighted by Gasteiger charge is -2.26. The van der Waals surface area contributed by atoms with Gasteiger partial charge in [0.15, 0.2) is 0 Å². The summed E-state index contributed by atoms with van der Waals surface area (Å²) in [5.74, 6) is -0.473. The monoisotopic (exact) mass is 428 g/mol. The van der Waals surface area contributed by atoms with Gasteiger partial charge in [0.2, 0.25) is 10.0 Å². The van der Waals surface area contributed by atoms with Gasteiger partial charge < -0.3 is 10.1 Å². The summed E-state index contributed by atoms with van der Waals surface area (Å²) in [6, 6.07) is 11.3. The molecule has 27 heavy (non-hydrogen) atoms. The van der Waals surface area contributed by atoms with Gasteiger partial charge in [-0.1, -0.05) is 41.4 Å². The molecule has 0 aromatic heterocycles. The van der Waals surface area contributed by atoms with E-state index in [1.165, 1.54) is 22.5 Å². The first-order valence-electron chi connectivity index (χ1n) is 8.28. The number of halogens is 2. The van der Waals surface area contributed by atoms with Crippen LogP contribution in [0.2, 0.25) is 10.0 Å². The molecule has 2 aromatic rings. The highest BCUT2D eigenvalue weighted by molar-refractivity contribution is 7.89. The van der Waals surface area contributed by atoms with Gasteiger partial charge in [-0.15, -0.1) is 0 Å². The second-order valence-electron chi connectivity index (χ2n) is 5.93. The van der Waals surface area contributed by atoms with Gasteiger partial charge in [-0.3, -0.25) is 4.79 Å². The summed E-state index contributed by atoms with van der Waals surface area (Å²) in [4.78, 5) is 12.6. The van der Waals surface area contributed by atoms with Crippen LogP contribution in [0.15, 0.2) is 47.4 Å². The molecule has 1 heterocycles. The fraction of sp³-hybridized carbons (Fsp3) is 0.278. The molecule has 1 N–H and O–H groups in total. The van der Waals surface area contributed by atoms with Crippen molar-refractivity contribution in [1.29, 1.82) is 0 Å². The normalized spacial score (nSPS) is 15.5. The van der Waals surface area contributed by atoms with Crippen LogP contribution < -0.4 is 5.32 Å². The van der Waals surface area contributed by atoms with E-state index in [0.29, 0.717) is 18.2 Å². The predicted molar refractivity (Wildman–Crippen MR) is 104 cm³/mol. The standard InChI is InChI=1S/C18H18Cl2N2O4S/c19-16-4-2-1-3-13(16)12-21-18(23)15-11-14(5-6-17(15)20)27(24,25)22-7-9-26-10-8-22/h1-6,11H,7-10,12H2,(H,21,23). The molecule has 0 radical (unpaired) electrons. The number of benzene rings is 2. The third-order valence-electron chi connectivity index (χ3n) is 4.19. The molecule has 1 aliphatic rings. The number of hydrogen-bond donors (Lipinski definition) is 1. The minimum Gasteiger partial charge on any atom is -0.379 e. The molecule has 0 saturated carbocycles. The molecular weight excluding hydrogens is 411 g/mol. The minimum atomic E-state index is -3.72. The Kier molecular flexibility index (Phi) is 6.39. The second kappa shape index (κ2) is 8.58. The zero-order chi connectivity index (χ0) is 19.4. The Morgan fingerprint density at radius 1 is 1.07 bits per heavy atom. The molecule has 1 fully saturated rings. The van der Waals surface area contributed by atoms with Crippen molar-refractivity contribution in [3.05, 3.63) is 63.6 Å². The Bertz CT molecular complexity index is 944. The van der Waals surface area contributed by atoms with Crippen molar-refractivity contribution in [1.82, 2.24) is 9.62 Å². The van der Waals surface area contributed by atoms with E-state index in [1.807, 2.05) is 6.07 Å². The largest absolute Gasteiger partial charge is 0.379 e. The lowest BCUT2D eigenvalue weighted by atomic mass is 10.2. The van der Waals surface area contributed by atoms with E-state index in [0.717, 1.165) is 5.56 Å². The van der Waals surface area contributed by atoms with Crippen molar-refractivity contribution in [3.63, 3.8) is 0 Å². The summed E-state index contributed by atoms with van der Waals surface area (Å²) in [7, 11) is -3.72. The van der Waals surface area contributed by atoms with Crippen molar-refractivity contribution in [2.24, 2.45) is 0 Å². The molecule has 144 valence electrons. The van der Waals surface area contributed by atoms with Crippen molar-refractivity contribution >= 4 is 39.1 Å². The highest BCUT2D eigenvalue weighted by Gasteiger charge is 2.27. The first-order valence-corrected chi connectivity index (χ1v) is 10.5. The lowest BCUT2D eigenvalue weighted by molar-refractivity contribution is 0.0730. The first-order chi connectivity index (χ1) is 12.9. The fourth-order valence-electron chi connectivity index (χ4n) is 2.69. The third-order valence-corrected chi connectivity index (χ3v) is 6.78. The van der Waals surface area contributed by atoms with E-state index in [-0.39, 0.29) is 35.1 Å². The van der Waals surface area contributed by atoms with E-state index >= 15 is 0 Å². The highest BCUT2D eigenvalue weighted by Crippen LogP contribution is 2.24. The number of ether oxygens (including phenoxy) is 1. The van der Waals surface area contributed by atoms with Crippen molar-refractivity contribution < 1.29 is 17.9 Å². The van der Waals surface area contributed by atoms with Crippen molar-refractivity contribution in [3.8, 4) is 0 Å². The van der Waals surface area contributed by atoms with Crippen LogP contribution in [0.1, 0.15) is 15.9 Å². The smallest absolute Gasteiger partial charge is 0.253 e. The number of nitrogens with zero attached hydrogens (tertiary/aromatic N) is 1. The highest BCUT2D eigenvalue weighted by atomic mass is 35.5. The Morgan fingerprint density at radius 2 is 1.78 bits per heavy atom. The number of hydrogen-bond acceptors (Lipinski definition) is 4. The first kappa shape index (κ1) is 20.1. The minimum absolute atomic E-state index is 0.0247. The van der Waals surface area contributed by atoms with Crippen molar-refractivity contribution in [2.45, 2.75) is 11.4 Å². The Morgan fingerprint density at radius 3 is 2.48 bits per heavy atom. The van der Waals surface area contributed by atoms with Gasteiger partial charge in [-0.05, 0) is 29.8 Å². The zero-order valence-electron chi connectivity index (χ0n) is 14.3. The average molecular weight is 429 g/mol. The number of carbonyl (C=O) groups is 1. The maximum Gasteiger partial charge on any atom is 0.253 e. The number of nitrogens with one attached hydrogen (secondary N) is 1. The summed E-state index contributed by atoms with van der Waals surface area (Å²) >= 11 is 12.2. The Labute approximate surface area is 168 Å². The molecule has 1 saturated heterocycles. The molecule has 3 rings (SSSR count). The van der Waals surface area contributed by atoms with Gasteiger partial charge in [0.25, 0.3) is 5.91 Å². The fourth-order valence-corrected chi connectivity index (χ4v) is 4.53. The van der Waals surface area contributed by atoms with E-state index in [2.05, 4.69) is 5.32 Å². The van der Waals surface area contributed by atoms with E-state index < -0.39 is 15.9 Å².